The molecule has 0 aliphatic carbocycles. The third kappa shape index (κ3) is 4.95. The highest BCUT2D eigenvalue weighted by molar-refractivity contribution is 9.10. The van der Waals surface area contributed by atoms with Gasteiger partial charge in [0.1, 0.15) is 0 Å². The number of halogens is 1. The lowest BCUT2D eigenvalue weighted by atomic mass is 10.0. The average molecular weight is 405 g/mol. The van der Waals surface area contributed by atoms with Crippen molar-refractivity contribution in [2.75, 3.05) is 13.1 Å². The number of likely N-dealkylation sites (tertiary alicyclic amines) is 1. The fourth-order valence-corrected chi connectivity index (χ4v) is 3.48. The van der Waals surface area contributed by atoms with Gasteiger partial charge >= 0.3 is 0 Å². The molecule has 25 heavy (non-hydrogen) atoms. The molecule has 0 saturated carbocycles. The van der Waals surface area contributed by atoms with E-state index >= 15 is 0 Å². The molecule has 1 fully saturated rings. The van der Waals surface area contributed by atoms with Crippen LogP contribution >= 0.6 is 15.9 Å². The van der Waals surface area contributed by atoms with E-state index in [2.05, 4.69) is 21.2 Å². The Kier molecular flexibility index (Phi) is 5.91. The highest BCUT2D eigenvalue weighted by Gasteiger charge is 2.25. The van der Waals surface area contributed by atoms with Gasteiger partial charge in [0.2, 0.25) is 5.91 Å². The molecule has 2 heterocycles. The predicted octanol–water partition coefficient (Wildman–Crippen LogP) is 3.40. The molecule has 5 nitrogen and oxygen atoms in total. The number of hydrogen-bond acceptors (Lipinski definition) is 3. The lowest BCUT2D eigenvalue weighted by Crippen LogP contribution is -2.46. The molecule has 1 aromatic carbocycles. The molecule has 2 aromatic rings. The van der Waals surface area contributed by atoms with Crippen molar-refractivity contribution in [2.24, 2.45) is 0 Å². The van der Waals surface area contributed by atoms with E-state index in [1.807, 2.05) is 24.3 Å². The summed E-state index contributed by atoms with van der Waals surface area (Å²) in [6.45, 7) is 1.27. The van der Waals surface area contributed by atoms with Crippen LogP contribution in [0.15, 0.2) is 51.6 Å². The maximum Gasteiger partial charge on any atom is 0.289 e. The molecule has 1 saturated heterocycles. The van der Waals surface area contributed by atoms with Gasteiger partial charge in [0.25, 0.3) is 5.91 Å². The Balaban J connectivity index is 1.41. The number of carbonyl (C=O) groups is 2. The Morgan fingerprint density at radius 2 is 2.00 bits per heavy atom. The van der Waals surface area contributed by atoms with Crippen LogP contribution < -0.4 is 5.32 Å². The van der Waals surface area contributed by atoms with Crippen molar-refractivity contribution in [3.8, 4) is 0 Å². The lowest BCUT2D eigenvalue weighted by molar-refractivity contribution is -0.122. The van der Waals surface area contributed by atoms with Crippen LogP contribution in [0.2, 0.25) is 0 Å². The largest absolute Gasteiger partial charge is 0.459 e. The zero-order chi connectivity index (χ0) is 17.6. The van der Waals surface area contributed by atoms with Crippen molar-refractivity contribution >= 4 is 27.7 Å². The van der Waals surface area contributed by atoms with Crippen LogP contribution in [-0.4, -0.2) is 35.8 Å². The summed E-state index contributed by atoms with van der Waals surface area (Å²) in [7, 11) is 0. The van der Waals surface area contributed by atoms with Crippen molar-refractivity contribution in [2.45, 2.75) is 31.7 Å². The average Bonchev–Trinajstić information content (AvgIpc) is 3.15. The first-order valence-electron chi connectivity index (χ1n) is 8.48. The molecule has 3 rings (SSSR count). The first-order valence-corrected chi connectivity index (χ1v) is 9.28. The van der Waals surface area contributed by atoms with Crippen molar-refractivity contribution < 1.29 is 14.0 Å². The molecule has 0 spiro atoms. The number of piperidine rings is 1. The van der Waals surface area contributed by atoms with Crippen molar-refractivity contribution in [1.82, 2.24) is 10.2 Å². The Morgan fingerprint density at radius 3 is 2.68 bits per heavy atom. The van der Waals surface area contributed by atoms with E-state index in [0.717, 1.165) is 29.3 Å². The number of hydrogen-bond donors (Lipinski definition) is 1. The topological polar surface area (TPSA) is 62.6 Å². The number of rotatable bonds is 5. The molecular formula is C19H21BrN2O3. The summed E-state index contributed by atoms with van der Waals surface area (Å²) in [5.41, 5.74) is 1.14. The second kappa shape index (κ2) is 8.34. The Hall–Kier alpha value is -2.08. The molecule has 0 unspecified atom stereocenters. The fourth-order valence-electron chi connectivity index (χ4n) is 3.03. The van der Waals surface area contributed by atoms with Crippen LogP contribution in [0.25, 0.3) is 0 Å². The number of aryl methyl sites for hydroxylation is 1. The number of nitrogens with one attached hydrogen (secondary N) is 1. The zero-order valence-corrected chi connectivity index (χ0v) is 15.5. The maximum absolute atomic E-state index is 12.2. The number of nitrogens with zero attached hydrogens (tertiary/aromatic N) is 1. The van der Waals surface area contributed by atoms with Gasteiger partial charge in [-0.15, -0.1) is 0 Å². The molecule has 1 aliphatic heterocycles. The van der Waals surface area contributed by atoms with Crippen molar-refractivity contribution in [1.29, 1.82) is 0 Å². The standard InChI is InChI=1S/C19H21BrN2O3/c20-15-4-1-3-14(13-15)6-7-18(23)21-16-8-10-22(11-9-16)19(24)17-5-2-12-25-17/h1-5,12-13,16H,6-11H2,(H,21,23). The minimum atomic E-state index is -0.0792. The van der Waals surface area contributed by atoms with Crippen LogP contribution in [0.4, 0.5) is 0 Å². The van der Waals surface area contributed by atoms with Gasteiger partial charge in [-0.05, 0) is 49.1 Å². The Morgan fingerprint density at radius 1 is 1.20 bits per heavy atom. The van der Waals surface area contributed by atoms with Gasteiger partial charge in [-0.3, -0.25) is 9.59 Å². The third-order valence-corrected chi connectivity index (χ3v) is 4.90. The molecule has 1 aliphatic rings. The van der Waals surface area contributed by atoms with E-state index in [9.17, 15) is 9.59 Å². The highest BCUT2D eigenvalue weighted by atomic mass is 79.9. The van der Waals surface area contributed by atoms with E-state index in [1.54, 1.807) is 17.0 Å². The van der Waals surface area contributed by atoms with Gasteiger partial charge < -0.3 is 14.6 Å². The molecule has 132 valence electrons. The maximum atomic E-state index is 12.2. The highest BCUT2D eigenvalue weighted by Crippen LogP contribution is 2.16. The summed E-state index contributed by atoms with van der Waals surface area (Å²) in [6, 6.07) is 11.5. The van der Waals surface area contributed by atoms with Crippen LogP contribution in [0.1, 0.15) is 35.4 Å². The SMILES string of the molecule is O=C(CCc1cccc(Br)c1)NC1CCN(C(=O)c2ccco2)CC1. The molecule has 6 heteroatoms. The smallest absolute Gasteiger partial charge is 0.289 e. The van der Waals surface area contributed by atoms with Gasteiger partial charge in [0.15, 0.2) is 5.76 Å². The summed E-state index contributed by atoms with van der Waals surface area (Å²) in [6.07, 6.45) is 4.25. The molecule has 2 amide bonds. The minimum Gasteiger partial charge on any atom is -0.459 e. The first kappa shape index (κ1) is 17.7. The molecule has 1 N–H and O–H groups in total. The van der Waals surface area contributed by atoms with E-state index in [4.69, 9.17) is 4.42 Å². The second-order valence-corrected chi connectivity index (χ2v) is 7.16. The number of amides is 2. The minimum absolute atomic E-state index is 0.0655. The van der Waals surface area contributed by atoms with Crippen LogP contribution in [0.3, 0.4) is 0 Å². The second-order valence-electron chi connectivity index (χ2n) is 6.24. The van der Waals surface area contributed by atoms with E-state index in [1.165, 1.54) is 6.26 Å². The van der Waals surface area contributed by atoms with Crippen LogP contribution in [0.5, 0.6) is 0 Å². The van der Waals surface area contributed by atoms with Gasteiger partial charge in [0.05, 0.1) is 6.26 Å². The van der Waals surface area contributed by atoms with Crippen molar-refractivity contribution in [3.05, 3.63) is 58.5 Å². The number of benzene rings is 1. The predicted molar refractivity (Wildman–Crippen MR) is 98.2 cm³/mol. The molecule has 0 atom stereocenters. The molecular weight excluding hydrogens is 384 g/mol. The summed E-state index contributed by atoms with van der Waals surface area (Å²) < 4.78 is 6.18. The lowest BCUT2D eigenvalue weighted by Gasteiger charge is -2.31. The van der Waals surface area contributed by atoms with Crippen molar-refractivity contribution in [3.63, 3.8) is 0 Å². The number of furan rings is 1. The quantitative estimate of drug-likeness (QED) is 0.830. The monoisotopic (exact) mass is 404 g/mol. The third-order valence-electron chi connectivity index (χ3n) is 4.41. The summed E-state index contributed by atoms with van der Waals surface area (Å²) in [5, 5.41) is 3.09. The van der Waals surface area contributed by atoms with Gasteiger partial charge in [-0.25, -0.2) is 0 Å². The van der Waals surface area contributed by atoms with Crippen LogP contribution in [0, 0.1) is 0 Å². The Bertz CT molecular complexity index is 722. The van der Waals surface area contributed by atoms with E-state index in [-0.39, 0.29) is 17.9 Å². The molecule has 0 bridgehead atoms. The fraction of sp³-hybridized carbons (Fsp3) is 0.368. The summed E-state index contributed by atoms with van der Waals surface area (Å²) in [4.78, 5) is 26.2. The number of carbonyl (C=O) groups excluding carboxylic acids is 2. The van der Waals surface area contributed by atoms with E-state index in [0.29, 0.717) is 25.3 Å². The van der Waals surface area contributed by atoms with Crippen LogP contribution in [-0.2, 0) is 11.2 Å². The van der Waals surface area contributed by atoms with Gasteiger partial charge in [0, 0.05) is 30.0 Å². The van der Waals surface area contributed by atoms with E-state index < -0.39 is 0 Å². The summed E-state index contributed by atoms with van der Waals surface area (Å²) >= 11 is 3.44. The van der Waals surface area contributed by atoms with Gasteiger partial charge in [-0.1, -0.05) is 28.1 Å². The molecule has 0 radical (unpaired) electrons. The van der Waals surface area contributed by atoms with Gasteiger partial charge in [-0.2, -0.15) is 0 Å². The normalized spacial score (nSPS) is 15.2. The molecule has 1 aromatic heterocycles. The first-order chi connectivity index (χ1) is 12.1. The zero-order valence-electron chi connectivity index (χ0n) is 13.9. The Labute approximate surface area is 155 Å². The summed E-state index contributed by atoms with van der Waals surface area (Å²) in [5.74, 6) is 0.358.